The van der Waals surface area contributed by atoms with E-state index in [0.717, 1.165) is 4.24 Å². The van der Waals surface area contributed by atoms with E-state index in [-0.39, 0.29) is 5.78 Å². The Hall–Kier alpha value is -1.20. The first-order chi connectivity index (χ1) is 9.76. The van der Waals surface area contributed by atoms with Gasteiger partial charge in [-0.25, -0.2) is 4.79 Å². The smallest absolute Gasteiger partial charge is 0.338 e. The van der Waals surface area contributed by atoms with Crippen LogP contribution < -0.4 is 0 Å². The highest BCUT2D eigenvalue weighted by molar-refractivity contribution is 8.21. The van der Waals surface area contributed by atoms with Gasteiger partial charge in [-0.05, 0) is 45.4 Å². The monoisotopic (exact) mass is 324 g/mol. The molecule has 1 aromatic carbocycles. The van der Waals surface area contributed by atoms with E-state index in [9.17, 15) is 9.59 Å². The molecule has 0 atom stereocenters. The van der Waals surface area contributed by atoms with Gasteiger partial charge in [-0.3, -0.25) is 4.79 Å². The van der Waals surface area contributed by atoms with Gasteiger partial charge in [-0.1, -0.05) is 12.1 Å². The molecular weight excluding hydrogens is 304 g/mol. The normalized spacial score (nSPS) is 10.9. The van der Waals surface area contributed by atoms with Gasteiger partial charge in [0.2, 0.25) is 0 Å². The Morgan fingerprint density at radius 3 is 2.19 bits per heavy atom. The van der Waals surface area contributed by atoms with Crippen LogP contribution in [0.1, 0.15) is 41.5 Å². The van der Waals surface area contributed by atoms with Crippen molar-refractivity contribution in [2.24, 2.45) is 0 Å². The van der Waals surface area contributed by atoms with E-state index in [1.807, 2.05) is 33.3 Å². The van der Waals surface area contributed by atoms with Crippen LogP contribution in [0.15, 0.2) is 34.6 Å². The molecular formula is C16H20O3S2. The third kappa shape index (κ3) is 5.98. The largest absolute Gasteiger partial charge is 0.456 e. The lowest BCUT2D eigenvalue weighted by Gasteiger charge is -2.19. The third-order valence-corrected chi connectivity index (χ3v) is 4.47. The zero-order valence-electron chi connectivity index (χ0n) is 12.9. The molecule has 0 aliphatic rings. The molecule has 0 aromatic heterocycles. The fraction of sp³-hybridized carbons (Fsp3) is 0.375. The van der Waals surface area contributed by atoms with Crippen LogP contribution in [0.4, 0.5) is 0 Å². The second kappa shape index (κ2) is 7.71. The highest BCUT2D eigenvalue weighted by atomic mass is 32.2. The second-order valence-corrected chi connectivity index (χ2v) is 7.27. The van der Waals surface area contributed by atoms with Crippen molar-refractivity contribution in [3.8, 4) is 0 Å². The van der Waals surface area contributed by atoms with Crippen molar-refractivity contribution < 1.29 is 14.3 Å². The van der Waals surface area contributed by atoms with E-state index in [1.54, 1.807) is 30.3 Å². The molecule has 0 amide bonds. The van der Waals surface area contributed by atoms with Gasteiger partial charge in [0.1, 0.15) is 5.60 Å². The minimum atomic E-state index is -0.554. The van der Waals surface area contributed by atoms with Gasteiger partial charge in [0.25, 0.3) is 0 Å². The standard InChI is InChI=1S/C16H20O3S2/c1-16(2,3)19-15(18)12-8-6-7-11(9-12)13(17)10-14(20-4)21-5/h6-10H,1-5H3. The van der Waals surface area contributed by atoms with E-state index >= 15 is 0 Å². The van der Waals surface area contributed by atoms with Crippen LogP contribution in [0.25, 0.3) is 0 Å². The second-order valence-electron chi connectivity index (χ2n) is 5.32. The molecule has 0 unspecified atom stereocenters. The van der Waals surface area contributed by atoms with Gasteiger partial charge in [0, 0.05) is 15.9 Å². The van der Waals surface area contributed by atoms with Gasteiger partial charge >= 0.3 is 5.97 Å². The molecule has 0 bridgehead atoms. The highest BCUT2D eigenvalue weighted by Crippen LogP contribution is 2.24. The number of esters is 1. The molecule has 0 radical (unpaired) electrons. The van der Waals surface area contributed by atoms with Crippen molar-refractivity contribution in [3.05, 3.63) is 45.7 Å². The van der Waals surface area contributed by atoms with Crippen molar-refractivity contribution in [1.82, 2.24) is 0 Å². The number of allylic oxidation sites excluding steroid dienone is 1. The van der Waals surface area contributed by atoms with Gasteiger partial charge in [-0.15, -0.1) is 23.5 Å². The summed E-state index contributed by atoms with van der Waals surface area (Å²) in [6.07, 6.45) is 5.43. The molecule has 0 spiro atoms. The lowest BCUT2D eigenvalue weighted by atomic mass is 10.1. The van der Waals surface area contributed by atoms with E-state index < -0.39 is 11.6 Å². The Morgan fingerprint density at radius 1 is 1.10 bits per heavy atom. The van der Waals surface area contributed by atoms with Crippen molar-refractivity contribution in [2.75, 3.05) is 12.5 Å². The van der Waals surface area contributed by atoms with E-state index in [1.165, 1.54) is 23.5 Å². The van der Waals surface area contributed by atoms with E-state index in [4.69, 9.17) is 4.74 Å². The minimum absolute atomic E-state index is 0.112. The van der Waals surface area contributed by atoms with Gasteiger partial charge in [0.05, 0.1) is 5.56 Å². The summed E-state index contributed by atoms with van der Waals surface area (Å²) in [5.74, 6) is -0.532. The maximum Gasteiger partial charge on any atom is 0.338 e. The fourth-order valence-corrected chi connectivity index (χ4v) is 2.64. The minimum Gasteiger partial charge on any atom is -0.456 e. The van der Waals surface area contributed by atoms with Crippen LogP contribution in [0.2, 0.25) is 0 Å². The summed E-state index contributed by atoms with van der Waals surface area (Å²) in [4.78, 5) is 24.2. The average Bonchev–Trinajstić information content (AvgIpc) is 2.42. The number of benzene rings is 1. The first-order valence-corrected chi connectivity index (χ1v) is 8.89. The summed E-state index contributed by atoms with van der Waals surface area (Å²) in [5.41, 5.74) is 0.319. The van der Waals surface area contributed by atoms with Crippen molar-refractivity contribution in [1.29, 1.82) is 0 Å². The summed E-state index contributed by atoms with van der Waals surface area (Å²) < 4.78 is 6.24. The number of hydrogen-bond donors (Lipinski definition) is 0. The molecule has 3 nitrogen and oxygen atoms in total. The molecule has 0 heterocycles. The zero-order chi connectivity index (χ0) is 16.0. The fourth-order valence-electron chi connectivity index (χ4n) is 1.53. The Kier molecular flexibility index (Phi) is 6.55. The number of hydrogen-bond acceptors (Lipinski definition) is 5. The number of rotatable bonds is 5. The Labute approximate surface area is 134 Å². The van der Waals surface area contributed by atoms with Crippen molar-refractivity contribution in [2.45, 2.75) is 26.4 Å². The zero-order valence-corrected chi connectivity index (χ0v) is 14.6. The average molecular weight is 324 g/mol. The number of ketones is 1. The number of carbonyl (C=O) groups excluding carboxylic acids is 2. The number of ether oxygens (including phenoxy) is 1. The van der Waals surface area contributed by atoms with Crippen molar-refractivity contribution >= 4 is 35.3 Å². The molecule has 0 saturated carbocycles. The predicted molar refractivity (Wildman–Crippen MR) is 91.1 cm³/mol. The lowest BCUT2D eigenvalue weighted by molar-refractivity contribution is 0.00695. The summed E-state index contributed by atoms with van der Waals surface area (Å²) in [6, 6.07) is 6.62. The Bertz CT molecular complexity index is 551. The first-order valence-electron chi connectivity index (χ1n) is 6.44. The number of thioether (sulfide) groups is 2. The maximum atomic E-state index is 12.2. The molecule has 1 aromatic rings. The van der Waals surface area contributed by atoms with Gasteiger partial charge in [-0.2, -0.15) is 0 Å². The van der Waals surface area contributed by atoms with Crippen molar-refractivity contribution in [3.63, 3.8) is 0 Å². The molecule has 5 heteroatoms. The summed E-state index contributed by atoms with van der Waals surface area (Å²) in [6.45, 7) is 5.43. The molecule has 1 rings (SSSR count). The molecule has 21 heavy (non-hydrogen) atoms. The topological polar surface area (TPSA) is 43.4 Å². The van der Waals surface area contributed by atoms with Crippen LogP contribution >= 0.6 is 23.5 Å². The third-order valence-electron chi connectivity index (χ3n) is 2.43. The summed E-state index contributed by atoms with van der Waals surface area (Å²) in [7, 11) is 0. The Balaban J connectivity index is 2.98. The van der Waals surface area contributed by atoms with Crippen LogP contribution in [0, 0.1) is 0 Å². The Morgan fingerprint density at radius 2 is 1.67 bits per heavy atom. The van der Waals surface area contributed by atoms with Gasteiger partial charge in [0.15, 0.2) is 5.78 Å². The SMILES string of the molecule is CSC(=CC(=O)c1cccc(C(=O)OC(C)(C)C)c1)SC. The molecule has 0 N–H and O–H groups in total. The molecule has 0 fully saturated rings. The van der Waals surface area contributed by atoms with Crippen LogP contribution in [0.5, 0.6) is 0 Å². The van der Waals surface area contributed by atoms with Crippen LogP contribution in [-0.2, 0) is 4.74 Å². The number of carbonyl (C=O) groups is 2. The molecule has 114 valence electrons. The quantitative estimate of drug-likeness (QED) is 0.456. The summed E-state index contributed by atoms with van der Waals surface area (Å²) in [5, 5.41) is 0. The van der Waals surface area contributed by atoms with Crippen LogP contribution in [0.3, 0.4) is 0 Å². The maximum absolute atomic E-state index is 12.2. The molecule has 0 aliphatic heterocycles. The first kappa shape index (κ1) is 17.9. The predicted octanol–water partition coefficient (Wildman–Crippen LogP) is 4.39. The molecule has 0 aliphatic carbocycles. The molecule has 0 saturated heterocycles. The lowest BCUT2D eigenvalue weighted by Crippen LogP contribution is -2.24. The van der Waals surface area contributed by atoms with Gasteiger partial charge < -0.3 is 4.74 Å². The van der Waals surface area contributed by atoms with E-state index in [2.05, 4.69) is 0 Å². The highest BCUT2D eigenvalue weighted by Gasteiger charge is 2.18. The van der Waals surface area contributed by atoms with E-state index in [0.29, 0.717) is 11.1 Å². The van der Waals surface area contributed by atoms with Crippen LogP contribution in [-0.4, -0.2) is 29.9 Å². The summed E-state index contributed by atoms with van der Waals surface area (Å²) >= 11 is 3.05.